The Balaban J connectivity index is 2.48. The molecule has 0 aliphatic carbocycles. The molecule has 8 heteroatoms. The zero-order chi connectivity index (χ0) is 14.9. The van der Waals surface area contributed by atoms with Gasteiger partial charge in [-0.05, 0) is 25.5 Å². The molecule has 0 fully saturated rings. The van der Waals surface area contributed by atoms with Gasteiger partial charge in [-0.25, -0.2) is 4.98 Å². The summed E-state index contributed by atoms with van der Waals surface area (Å²) in [6, 6.07) is 2.90. The third-order valence-corrected chi connectivity index (χ3v) is 2.99. The first-order valence-corrected chi connectivity index (χ1v) is 5.94. The van der Waals surface area contributed by atoms with Gasteiger partial charge in [-0.15, -0.1) is 0 Å². The first-order valence-electron chi connectivity index (χ1n) is 5.57. The second-order valence-corrected chi connectivity index (χ2v) is 4.49. The number of nitro benzene ring substituents is 1. The largest absolute Gasteiger partial charge is 0.437 e. The van der Waals surface area contributed by atoms with E-state index in [9.17, 15) is 14.9 Å². The van der Waals surface area contributed by atoms with E-state index in [0.717, 1.165) is 6.33 Å². The van der Waals surface area contributed by atoms with E-state index in [2.05, 4.69) is 9.97 Å². The molecular formula is C12H10ClN3O4. The van der Waals surface area contributed by atoms with Gasteiger partial charge < -0.3 is 9.72 Å². The molecule has 2 rings (SSSR count). The number of aromatic amines is 1. The van der Waals surface area contributed by atoms with Crippen LogP contribution in [-0.4, -0.2) is 14.9 Å². The minimum absolute atomic E-state index is 0.0773. The van der Waals surface area contributed by atoms with Crippen molar-refractivity contribution in [3.05, 3.63) is 55.1 Å². The van der Waals surface area contributed by atoms with Crippen LogP contribution in [0.2, 0.25) is 5.02 Å². The standard InChI is InChI=1S/C12H10ClN3O4/c1-6-3-7(2)9(4-8(6)16(18)19)20-12-10(13)11(17)14-5-15-12/h3-5H,1-2H3,(H,14,15,17). The summed E-state index contributed by atoms with van der Waals surface area (Å²) in [4.78, 5) is 27.8. The summed E-state index contributed by atoms with van der Waals surface area (Å²) in [6.45, 7) is 3.36. The smallest absolute Gasteiger partial charge is 0.276 e. The Morgan fingerprint density at radius 3 is 2.70 bits per heavy atom. The first-order chi connectivity index (χ1) is 9.40. The van der Waals surface area contributed by atoms with Crippen molar-refractivity contribution < 1.29 is 9.66 Å². The number of nitrogens with zero attached hydrogens (tertiary/aromatic N) is 2. The molecule has 1 N–H and O–H groups in total. The topological polar surface area (TPSA) is 98.1 Å². The van der Waals surface area contributed by atoms with Gasteiger partial charge in [0.05, 0.1) is 17.3 Å². The van der Waals surface area contributed by atoms with Crippen molar-refractivity contribution in [2.75, 3.05) is 0 Å². The monoisotopic (exact) mass is 295 g/mol. The third-order valence-electron chi connectivity index (χ3n) is 2.66. The molecular weight excluding hydrogens is 286 g/mol. The van der Waals surface area contributed by atoms with Crippen molar-refractivity contribution in [1.29, 1.82) is 0 Å². The Kier molecular flexibility index (Phi) is 3.71. The summed E-state index contributed by atoms with van der Waals surface area (Å²) in [5.74, 6) is 0.124. The minimum atomic E-state index is -0.545. The van der Waals surface area contributed by atoms with Gasteiger partial charge in [-0.3, -0.25) is 14.9 Å². The van der Waals surface area contributed by atoms with E-state index in [1.165, 1.54) is 6.07 Å². The summed E-state index contributed by atoms with van der Waals surface area (Å²) in [5.41, 5.74) is 0.568. The quantitative estimate of drug-likeness (QED) is 0.693. The highest BCUT2D eigenvalue weighted by molar-refractivity contribution is 6.31. The van der Waals surface area contributed by atoms with Gasteiger partial charge in [0.2, 0.25) is 5.88 Å². The lowest BCUT2D eigenvalue weighted by molar-refractivity contribution is -0.385. The zero-order valence-corrected chi connectivity index (χ0v) is 11.4. The molecule has 0 radical (unpaired) electrons. The summed E-state index contributed by atoms with van der Waals surface area (Å²) < 4.78 is 5.40. The fraction of sp³-hybridized carbons (Fsp3) is 0.167. The Morgan fingerprint density at radius 2 is 2.05 bits per heavy atom. The number of aryl methyl sites for hydroxylation is 2. The summed E-state index contributed by atoms with van der Waals surface area (Å²) in [6.07, 6.45) is 1.14. The molecule has 0 atom stereocenters. The maximum atomic E-state index is 11.3. The molecule has 0 bridgehead atoms. The molecule has 1 aromatic heterocycles. The van der Waals surface area contributed by atoms with E-state index < -0.39 is 10.5 Å². The summed E-state index contributed by atoms with van der Waals surface area (Å²) in [7, 11) is 0. The number of hydrogen-bond donors (Lipinski definition) is 1. The van der Waals surface area contributed by atoms with Gasteiger partial charge in [0.15, 0.2) is 5.02 Å². The number of H-pyrrole nitrogens is 1. The van der Waals surface area contributed by atoms with E-state index >= 15 is 0 Å². The van der Waals surface area contributed by atoms with Crippen LogP contribution in [0.25, 0.3) is 0 Å². The molecule has 7 nitrogen and oxygen atoms in total. The highest BCUT2D eigenvalue weighted by Crippen LogP contribution is 2.32. The van der Waals surface area contributed by atoms with E-state index in [-0.39, 0.29) is 22.3 Å². The van der Waals surface area contributed by atoms with Gasteiger partial charge in [-0.1, -0.05) is 11.6 Å². The molecule has 1 aromatic carbocycles. The first kappa shape index (κ1) is 14.0. The van der Waals surface area contributed by atoms with Crippen LogP contribution in [0, 0.1) is 24.0 Å². The fourth-order valence-electron chi connectivity index (χ4n) is 1.67. The van der Waals surface area contributed by atoms with Crippen molar-refractivity contribution in [3.8, 4) is 11.6 Å². The number of nitro groups is 1. The molecule has 0 amide bonds. The van der Waals surface area contributed by atoms with Gasteiger partial charge in [0, 0.05) is 5.56 Å². The molecule has 1 heterocycles. The number of aromatic nitrogens is 2. The molecule has 0 spiro atoms. The lowest BCUT2D eigenvalue weighted by Crippen LogP contribution is -2.08. The Morgan fingerprint density at radius 1 is 1.35 bits per heavy atom. The highest BCUT2D eigenvalue weighted by Gasteiger charge is 2.16. The second kappa shape index (κ2) is 5.30. The maximum Gasteiger partial charge on any atom is 0.276 e. The number of benzene rings is 1. The Bertz CT molecular complexity index is 742. The van der Waals surface area contributed by atoms with Gasteiger partial charge in [0.25, 0.3) is 11.2 Å². The van der Waals surface area contributed by atoms with E-state index in [4.69, 9.17) is 16.3 Å². The predicted octanol–water partition coefficient (Wildman–Crippen LogP) is 2.74. The van der Waals surface area contributed by atoms with Crippen LogP contribution >= 0.6 is 11.6 Å². The molecule has 104 valence electrons. The number of ether oxygens (including phenoxy) is 1. The molecule has 20 heavy (non-hydrogen) atoms. The van der Waals surface area contributed by atoms with E-state index in [0.29, 0.717) is 11.1 Å². The van der Waals surface area contributed by atoms with E-state index in [1.807, 2.05) is 0 Å². The average Bonchev–Trinajstić information content (AvgIpc) is 2.37. The molecule has 2 aromatic rings. The van der Waals surface area contributed by atoms with Gasteiger partial charge in [0.1, 0.15) is 5.75 Å². The second-order valence-electron chi connectivity index (χ2n) is 4.11. The van der Waals surface area contributed by atoms with Gasteiger partial charge in [-0.2, -0.15) is 0 Å². The Labute approximate surface area is 118 Å². The van der Waals surface area contributed by atoms with Crippen LogP contribution < -0.4 is 10.3 Å². The van der Waals surface area contributed by atoms with Crippen LogP contribution in [0.4, 0.5) is 5.69 Å². The van der Waals surface area contributed by atoms with Crippen LogP contribution in [0.3, 0.4) is 0 Å². The number of nitrogens with one attached hydrogen (secondary N) is 1. The van der Waals surface area contributed by atoms with Crippen LogP contribution in [-0.2, 0) is 0 Å². The SMILES string of the molecule is Cc1cc(C)c([N+](=O)[O-])cc1Oc1nc[nH]c(=O)c1Cl. The average molecular weight is 296 g/mol. The van der Waals surface area contributed by atoms with Crippen LogP contribution in [0.5, 0.6) is 11.6 Å². The molecule has 0 saturated heterocycles. The number of halogens is 1. The molecule has 0 saturated carbocycles. The highest BCUT2D eigenvalue weighted by atomic mass is 35.5. The Hall–Kier alpha value is -2.41. The fourth-order valence-corrected chi connectivity index (χ4v) is 1.81. The normalized spacial score (nSPS) is 10.3. The van der Waals surface area contributed by atoms with Crippen LogP contribution in [0.1, 0.15) is 11.1 Å². The zero-order valence-electron chi connectivity index (χ0n) is 10.6. The summed E-state index contributed by atoms with van der Waals surface area (Å²) >= 11 is 5.76. The number of hydrogen-bond acceptors (Lipinski definition) is 5. The molecule has 0 unspecified atom stereocenters. The molecule has 0 aliphatic rings. The van der Waals surface area contributed by atoms with Crippen molar-refractivity contribution in [2.45, 2.75) is 13.8 Å². The number of rotatable bonds is 3. The maximum absolute atomic E-state index is 11.3. The van der Waals surface area contributed by atoms with Crippen LogP contribution in [0.15, 0.2) is 23.3 Å². The van der Waals surface area contributed by atoms with Crippen molar-refractivity contribution in [3.63, 3.8) is 0 Å². The van der Waals surface area contributed by atoms with Crippen molar-refractivity contribution in [1.82, 2.24) is 9.97 Å². The third kappa shape index (κ3) is 2.62. The minimum Gasteiger partial charge on any atom is -0.437 e. The lowest BCUT2D eigenvalue weighted by atomic mass is 10.1. The van der Waals surface area contributed by atoms with Crippen molar-refractivity contribution in [2.24, 2.45) is 0 Å². The molecule has 0 aliphatic heterocycles. The summed E-state index contributed by atoms with van der Waals surface area (Å²) in [5, 5.41) is 10.7. The lowest BCUT2D eigenvalue weighted by Gasteiger charge is -2.09. The predicted molar refractivity (Wildman–Crippen MR) is 72.5 cm³/mol. The van der Waals surface area contributed by atoms with Gasteiger partial charge >= 0.3 is 0 Å². The van der Waals surface area contributed by atoms with E-state index in [1.54, 1.807) is 19.9 Å². The van der Waals surface area contributed by atoms with Crippen molar-refractivity contribution >= 4 is 17.3 Å².